The van der Waals surface area contributed by atoms with Crippen molar-refractivity contribution >= 4 is 50.6 Å². The fourth-order valence-corrected chi connectivity index (χ4v) is 11.5. The van der Waals surface area contributed by atoms with Crippen LogP contribution in [0, 0.1) is 175 Å². The van der Waals surface area contributed by atoms with Gasteiger partial charge in [0.25, 0.3) is 0 Å². The molecule has 36 heteroatoms. The maximum atomic E-state index is 16.5. The van der Waals surface area contributed by atoms with E-state index in [9.17, 15) is 26.3 Å². The Hall–Kier alpha value is -11.8. The Kier molecular flexibility index (Phi) is 16.6. The highest BCUT2D eigenvalue weighted by Gasteiger charge is 2.41. The minimum atomic E-state index is -2.92. The first-order chi connectivity index (χ1) is 48.1. The van der Waals surface area contributed by atoms with E-state index in [0.717, 1.165) is 0 Å². The Labute approximate surface area is 543 Å². The maximum Gasteiger partial charge on any atom is 0.200 e. The molecule has 2 aromatic heterocycles. The second-order valence-corrected chi connectivity index (χ2v) is 21.6. The van der Waals surface area contributed by atoms with Gasteiger partial charge in [0.2, 0.25) is 34.9 Å². The summed E-state index contributed by atoms with van der Waals surface area (Å²) in [4.78, 5) is 15.9. The van der Waals surface area contributed by atoms with Gasteiger partial charge in [-0.1, -0.05) is 6.08 Å². The third kappa shape index (κ3) is 10.1. The summed E-state index contributed by atoms with van der Waals surface area (Å²) in [5, 5.41) is -0.341. The Morgan fingerprint density at radius 3 is 0.833 bits per heavy atom. The molecule has 0 aliphatic carbocycles. The van der Waals surface area contributed by atoms with Crippen molar-refractivity contribution < 1.29 is 132 Å². The molecule has 7 heterocycles. The van der Waals surface area contributed by atoms with Crippen LogP contribution in [0.1, 0.15) is 44.8 Å². The van der Waals surface area contributed by atoms with E-state index in [1.807, 2.05) is 0 Å². The predicted molar refractivity (Wildman–Crippen MR) is 295 cm³/mol. The number of benzene rings is 6. The quantitative estimate of drug-likeness (QED) is 0.0865. The van der Waals surface area contributed by atoms with Gasteiger partial charge in [-0.25, -0.2) is 147 Å². The lowest BCUT2D eigenvalue weighted by Crippen LogP contribution is -2.26. The summed E-state index contributed by atoms with van der Waals surface area (Å²) >= 11 is 0. The molecule has 0 fully saturated rings. The van der Waals surface area contributed by atoms with Crippen LogP contribution in [0.5, 0.6) is 0 Å². The number of aliphatic imine (C=N–C) groups is 3. The van der Waals surface area contributed by atoms with Gasteiger partial charge >= 0.3 is 0 Å². The Balaban J connectivity index is 1.25. The monoisotopic (exact) mass is 1460 g/mol. The predicted octanol–water partition coefficient (Wildman–Crippen LogP) is 16.5. The molecule has 6 aromatic carbocycles. The van der Waals surface area contributed by atoms with Crippen LogP contribution in [0.4, 0.5) is 132 Å². The van der Waals surface area contributed by atoms with E-state index < -0.39 is 309 Å². The number of nitrogens with one attached hydrogen (secondary N) is 3. The van der Waals surface area contributed by atoms with Gasteiger partial charge in [-0.3, -0.25) is 0 Å². The van der Waals surface area contributed by atoms with Crippen molar-refractivity contribution in [1.82, 2.24) is 15.3 Å². The van der Waals surface area contributed by atoms with Crippen LogP contribution in [-0.4, -0.2) is 33.1 Å². The third-order valence-electron chi connectivity index (χ3n) is 16.1. The van der Waals surface area contributed by atoms with E-state index in [1.54, 1.807) is 0 Å². The standard InChI is InChI=1S/C66H16F30N6/c67-37-31(38(68)50(80)61(91)49(37)79)25-13-1-2-14(97-13)26(32-39(69)51(81)62(92)52(82)40(32)70)16-5-6-18(99-16)28(34-43(73)55(85)64(94)56(86)44(34)74)20-9-10-22(101-20)30(36-47(77)59(89)66(96)60(90)48(36)78)24-12-11-23(102-24)29(35-45(75)57(87)65(95)58(88)46(35)76)21-8-7-19(100-21)27(17-4-3-15(25)98-17)33-41(71)53(83)63(93)54(84)42(33)72/h1-13,97,99-100H/b25-15+,26-14+,27-19-,28-20+,29-21-,30-24+. The third-order valence-corrected chi connectivity index (χ3v) is 16.1. The van der Waals surface area contributed by atoms with Crippen LogP contribution in [0.2, 0.25) is 0 Å². The highest BCUT2D eigenvalue weighted by atomic mass is 19.2. The largest absolute Gasteiger partial charge is 0.374 e. The molecule has 13 rings (SSSR count). The molecule has 0 radical (unpaired) electrons. The van der Waals surface area contributed by atoms with Crippen LogP contribution in [0.3, 0.4) is 0 Å². The lowest BCUT2D eigenvalue weighted by Gasteiger charge is -2.21. The molecule has 102 heavy (non-hydrogen) atoms. The topological polar surface area (TPSA) is 80.7 Å². The van der Waals surface area contributed by atoms with Crippen molar-refractivity contribution in [3.63, 3.8) is 0 Å². The number of halogens is 30. The molecule has 0 amide bonds. The number of hydrogen-bond donors (Lipinski definition) is 3. The van der Waals surface area contributed by atoms with Crippen molar-refractivity contribution in [2.45, 2.75) is 6.04 Å². The Morgan fingerprint density at radius 1 is 0.225 bits per heavy atom. The van der Waals surface area contributed by atoms with Gasteiger partial charge in [-0.05, 0) is 66.8 Å². The number of fused-ring (bicyclic) bond motifs is 9. The maximum absolute atomic E-state index is 16.5. The minimum absolute atomic E-state index is 0.353. The Bertz CT molecular complexity index is 5620. The van der Waals surface area contributed by atoms with Gasteiger partial charge in [0.1, 0.15) is 0 Å². The van der Waals surface area contributed by atoms with Gasteiger partial charge in [-0.2, -0.15) is 0 Å². The molecule has 12 bridgehead atoms. The molecule has 3 N–H and O–H groups in total. The number of aromatic amines is 2. The van der Waals surface area contributed by atoms with Crippen LogP contribution in [0.15, 0.2) is 111 Å². The second kappa shape index (κ2) is 24.6. The van der Waals surface area contributed by atoms with E-state index >= 15 is 105 Å². The molecule has 1 unspecified atom stereocenters. The molecule has 0 saturated heterocycles. The SMILES string of the molecule is Fc1c(F)c(F)c(/C2=C3\C=CC(=N3)/C(c3c(F)c(F)c(F)c(F)c3F)=c3\cc/c([nH]3)=C(/c3c(F)c(F)c(F)c(F)c3F)C3=N/C(=C(/c4c(F)c(F)c(F)c(F)c4F)C4C=C/C(=C(\c5c(F)c(F)c(F)c(F)c5F)c5ccc([nH]5)/C(c5c(F)c(F)c(F)c(F)c5F)=C5/C=CC2=N5)N4)C=C3)c(F)c1F. The van der Waals surface area contributed by atoms with E-state index in [-0.39, 0.29) is 0 Å². The molecule has 0 spiro atoms. The number of allylic oxidation sites excluding steroid dienone is 8. The first kappa shape index (κ1) is 68.8. The zero-order valence-corrected chi connectivity index (χ0v) is 48.2. The summed E-state index contributed by atoms with van der Waals surface area (Å²) in [6, 6.07) is -0.906. The summed E-state index contributed by atoms with van der Waals surface area (Å²) < 4.78 is 472. The van der Waals surface area contributed by atoms with E-state index in [4.69, 9.17) is 0 Å². The number of rotatable bonds is 6. The molecular formula is C66H16F30N6. The summed E-state index contributed by atoms with van der Waals surface area (Å²) in [5.74, 6) is -85.8. The summed E-state index contributed by atoms with van der Waals surface area (Å²) in [7, 11) is 0. The average Bonchev–Trinajstić information content (AvgIpc) is 1.51. The summed E-state index contributed by atoms with van der Waals surface area (Å²) in [6.07, 6.45) is 3.13. The lowest BCUT2D eigenvalue weighted by atomic mass is 9.95. The summed E-state index contributed by atoms with van der Waals surface area (Å²) in [5.41, 5.74) is -34.3. The van der Waals surface area contributed by atoms with Crippen molar-refractivity contribution in [3.05, 3.63) is 326 Å². The fourth-order valence-electron chi connectivity index (χ4n) is 11.5. The zero-order valence-electron chi connectivity index (χ0n) is 48.2. The van der Waals surface area contributed by atoms with Gasteiger partial charge in [0.05, 0.1) is 73.6 Å². The van der Waals surface area contributed by atoms with E-state index in [2.05, 4.69) is 30.3 Å². The van der Waals surface area contributed by atoms with Crippen LogP contribution < -0.4 is 16.0 Å². The second-order valence-electron chi connectivity index (χ2n) is 21.6. The number of aromatic nitrogens is 2. The first-order valence-electron chi connectivity index (χ1n) is 27.6. The van der Waals surface area contributed by atoms with Crippen LogP contribution >= 0.6 is 0 Å². The molecule has 5 aliphatic heterocycles. The molecule has 5 aliphatic rings. The molecular weight excluding hydrogens is 1450 g/mol. The fraction of sp³-hybridized carbons (Fsp3) is 0.0152. The van der Waals surface area contributed by atoms with Gasteiger partial charge in [-0.15, -0.1) is 0 Å². The Morgan fingerprint density at radius 2 is 0.480 bits per heavy atom. The molecule has 0 saturated carbocycles. The van der Waals surface area contributed by atoms with Gasteiger partial charge in [0.15, 0.2) is 140 Å². The smallest absolute Gasteiger partial charge is 0.200 e. The molecule has 520 valence electrons. The number of H-pyrrole nitrogens is 2. The van der Waals surface area contributed by atoms with E-state index in [1.165, 1.54) is 0 Å². The van der Waals surface area contributed by atoms with Gasteiger partial charge in [0, 0.05) is 61.2 Å². The highest BCUT2D eigenvalue weighted by Crippen LogP contribution is 2.45. The highest BCUT2D eigenvalue weighted by molar-refractivity contribution is 6.35. The lowest BCUT2D eigenvalue weighted by molar-refractivity contribution is 0.375. The number of hydrogen-bond acceptors (Lipinski definition) is 4. The molecule has 6 nitrogen and oxygen atoms in total. The normalized spacial score (nSPS) is 19.8. The number of nitrogens with zero attached hydrogens (tertiary/aromatic N) is 3. The van der Waals surface area contributed by atoms with Gasteiger partial charge < -0.3 is 15.3 Å². The van der Waals surface area contributed by atoms with Crippen molar-refractivity contribution in [3.8, 4) is 0 Å². The van der Waals surface area contributed by atoms with Crippen molar-refractivity contribution in [2.24, 2.45) is 15.0 Å². The van der Waals surface area contributed by atoms with Crippen molar-refractivity contribution in [2.75, 3.05) is 0 Å². The van der Waals surface area contributed by atoms with Crippen molar-refractivity contribution in [1.29, 1.82) is 0 Å². The van der Waals surface area contributed by atoms with Crippen LogP contribution in [0.25, 0.3) is 33.4 Å². The molecule has 8 aromatic rings. The zero-order chi connectivity index (χ0) is 73.9. The molecule has 1 atom stereocenters. The summed E-state index contributed by atoms with van der Waals surface area (Å²) in [6.45, 7) is 0. The van der Waals surface area contributed by atoms with E-state index in [0.29, 0.717) is 72.9 Å². The average molecular weight is 1460 g/mol. The first-order valence-corrected chi connectivity index (χ1v) is 27.6. The van der Waals surface area contributed by atoms with Crippen LogP contribution in [-0.2, 0) is 0 Å². The minimum Gasteiger partial charge on any atom is -0.374 e.